The third kappa shape index (κ3) is 8.13. The average Bonchev–Trinajstić information content (AvgIpc) is 3.07. The smallest absolute Gasteiger partial charge is 0.246 e. The molecular weight excluding hydrogens is 578 g/mol. The van der Waals surface area contributed by atoms with Crippen LogP contribution in [0.2, 0.25) is 0 Å². The normalized spacial score (nSPS) is 19.5. The Morgan fingerprint density at radius 3 is 2.41 bits per heavy atom. The standard InChI is InChI=1S/C37H47N5O4/c1-25(2)34(40-35(43)26(3)38-4)37(45)42-21-20-41(23-27-12-10-17-30(22-27)46-29-15-6-5-7-16-29)24-33(42)36(44)39-32-19-11-14-28-13-8-9-18-31(28)32/h5-10,12-13,15-18,22,25-26,32-34,38H,11,14,19-21,23-24H2,1-4H3,(H,39,44)(H,40,43)/t26-,32?,33-,34-/m0/s1. The van der Waals surface area contributed by atoms with E-state index in [-0.39, 0.29) is 29.7 Å². The number of amides is 3. The maximum atomic E-state index is 14.2. The number of likely N-dealkylation sites (N-methyl/N-ethyl adjacent to an activating group) is 1. The fourth-order valence-corrected chi connectivity index (χ4v) is 6.33. The topological polar surface area (TPSA) is 103 Å². The molecule has 1 fully saturated rings. The highest BCUT2D eigenvalue weighted by atomic mass is 16.5. The van der Waals surface area contributed by atoms with Crippen molar-refractivity contribution in [3.63, 3.8) is 0 Å². The van der Waals surface area contributed by atoms with E-state index in [0.717, 1.165) is 41.9 Å². The molecule has 0 spiro atoms. The molecule has 244 valence electrons. The number of ether oxygens (including phenoxy) is 1. The molecule has 1 heterocycles. The zero-order valence-corrected chi connectivity index (χ0v) is 27.4. The van der Waals surface area contributed by atoms with Crippen molar-refractivity contribution in [2.75, 3.05) is 26.7 Å². The lowest BCUT2D eigenvalue weighted by atomic mass is 9.87. The Labute approximate surface area is 272 Å². The SMILES string of the molecule is CN[C@@H](C)C(=O)N[C@H](C(=O)N1CCN(Cc2cccc(Oc3ccccc3)c2)C[C@H]1C(=O)NC1CCCc2ccccc21)C(C)C. The number of carbonyl (C=O) groups is 3. The number of hydrogen-bond acceptors (Lipinski definition) is 6. The summed E-state index contributed by atoms with van der Waals surface area (Å²) in [5, 5.41) is 9.19. The number of fused-ring (bicyclic) bond motifs is 1. The molecule has 1 aliphatic carbocycles. The zero-order chi connectivity index (χ0) is 32.6. The molecule has 0 aromatic heterocycles. The van der Waals surface area contributed by atoms with Gasteiger partial charge in [-0.05, 0) is 80.1 Å². The van der Waals surface area contributed by atoms with Gasteiger partial charge in [-0.1, -0.05) is 68.4 Å². The molecule has 1 unspecified atom stereocenters. The van der Waals surface area contributed by atoms with Crippen molar-refractivity contribution in [2.24, 2.45) is 5.92 Å². The van der Waals surface area contributed by atoms with Gasteiger partial charge in [0, 0.05) is 26.2 Å². The monoisotopic (exact) mass is 625 g/mol. The van der Waals surface area contributed by atoms with E-state index in [0.29, 0.717) is 26.2 Å². The molecule has 0 bridgehead atoms. The quantitative estimate of drug-likeness (QED) is 0.291. The number of nitrogens with one attached hydrogen (secondary N) is 3. The molecule has 0 radical (unpaired) electrons. The van der Waals surface area contributed by atoms with Gasteiger partial charge in [-0.25, -0.2) is 0 Å². The van der Waals surface area contributed by atoms with E-state index in [1.807, 2.05) is 74.5 Å². The summed E-state index contributed by atoms with van der Waals surface area (Å²) in [5.74, 6) is 0.718. The molecule has 3 aromatic carbocycles. The molecule has 5 rings (SSSR count). The summed E-state index contributed by atoms with van der Waals surface area (Å²) < 4.78 is 6.06. The summed E-state index contributed by atoms with van der Waals surface area (Å²) in [6.45, 7) is 7.54. The van der Waals surface area contributed by atoms with Crippen LogP contribution >= 0.6 is 0 Å². The van der Waals surface area contributed by atoms with Crippen molar-refractivity contribution in [3.05, 3.63) is 95.6 Å². The Bertz CT molecular complexity index is 1500. The summed E-state index contributed by atoms with van der Waals surface area (Å²) in [6, 6.07) is 23.9. The minimum atomic E-state index is -0.743. The molecule has 1 saturated heterocycles. The first-order valence-electron chi connectivity index (χ1n) is 16.4. The van der Waals surface area contributed by atoms with E-state index in [1.54, 1.807) is 18.9 Å². The van der Waals surface area contributed by atoms with E-state index >= 15 is 0 Å². The van der Waals surface area contributed by atoms with Gasteiger partial charge in [0.15, 0.2) is 0 Å². The summed E-state index contributed by atoms with van der Waals surface area (Å²) in [4.78, 5) is 45.0. The van der Waals surface area contributed by atoms with Crippen molar-refractivity contribution in [2.45, 2.75) is 70.7 Å². The minimum Gasteiger partial charge on any atom is -0.457 e. The van der Waals surface area contributed by atoms with Crippen molar-refractivity contribution in [1.82, 2.24) is 25.8 Å². The van der Waals surface area contributed by atoms with Gasteiger partial charge in [-0.3, -0.25) is 19.3 Å². The van der Waals surface area contributed by atoms with Crippen molar-refractivity contribution in [3.8, 4) is 11.5 Å². The Balaban J connectivity index is 1.35. The number of benzene rings is 3. The van der Waals surface area contributed by atoms with Crippen LogP contribution in [0, 0.1) is 5.92 Å². The number of aryl methyl sites for hydroxylation is 1. The Kier molecular flexibility index (Phi) is 11.1. The van der Waals surface area contributed by atoms with Crippen LogP contribution in [0.4, 0.5) is 0 Å². The number of nitrogens with zero attached hydrogens (tertiary/aromatic N) is 2. The largest absolute Gasteiger partial charge is 0.457 e. The number of para-hydroxylation sites is 1. The first kappa shape index (κ1) is 33.2. The predicted octanol–water partition coefficient (Wildman–Crippen LogP) is 4.43. The van der Waals surface area contributed by atoms with Crippen LogP contribution in [-0.2, 0) is 27.3 Å². The lowest BCUT2D eigenvalue weighted by Crippen LogP contribution is -2.64. The molecular formula is C37H47N5O4. The second-order valence-corrected chi connectivity index (χ2v) is 12.7. The van der Waals surface area contributed by atoms with Crippen LogP contribution in [0.15, 0.2) is 78.9 Å². The van der Waals surface area contributed by atoms with Crippen molar-refractivity contribution < 1.29 is 19.1 Å². The molecule has 3 amide bonds. The van der Waals surface area contributed by atoms with Gasteiger partial charge in [0.25, 0.3) is 0 Å². The maximum Gasteiger partial charge on any atom is 0.246 e. The summed E-state index contributed by atoms with van der Waals surface area (Å²) in [7, 11) is 1.71. The van der Waals surface area contributed by atoms with Gasteiger partial charge >= 0.3 is 0 Å². The fourth-order valence-electron chi connectivity index (χ4n) is 6.33. The molecule has 9 heteroatoms. The molecule has 3 aromatic rings. The van der Waals surface area contributed by atoms with Crippen LogP contribution in [-0.4, -0.2) is 72.3 Å². The minimum absolute atomic E-state index is 0.103. The third-order valence-corrected chi connectivity index (χ3v) is 9.08. The highest BCUT2D eigenvalue weighted by molar-refractivity contribution is 5.93. The number of hydrogen-bond donors (Lipinski definition) is 3. The molecule has 2 aliphatic rings. The summed E-state index contributed by atoms with van der Waals surface area (Å²) >= 11 is 0. The number of rotatable bonds is 11. The molecule has 1 aliphatic heterocycles. The van der Waals surface area contributed by atoms with Gasteiger partial charge in [-0.15, -0.1) is 0 Å². The highest BCUT2D eigenvalue weighted by Crippen LogP contribution is 2.30. The van der Waals surface area contributed by atoms with Gasteiger partial charge in [-0.2, -0.15) is 0 Å². The Morgan fingerprint density at radius 1 is 0.913 bits per heavy atom. The fraction of sp³-hybridized carbons (Fsp3) is 0.432. The maximum absolute atomic E-state index is 14.2. The van der Waals surface area contributed by atoms with E-state index in [2.05, 4.69) is 39.0 Å². The van der Waals surface area contributed by atoms with Crippen LogP contribution in [0.3, 0.4) is 0 Å². The van der Waals surface area contributed by atoms with Gasteiger partial charge < -0.3 is 25.6 Å². The summed E-state index contributed by atoms with van der Waals surface area (Å²) in [6.07, 6.45) is 2.85. The lowest BCUT2D eigenvalue weighted by molar-refractivity contribution is -0.148. The van der Waals surface area contributed by atoms with E-state index in [9.17, 15) is 14.4 Å². The molecule has 9 nitrogen and oxygen atoms in total. The first-order chi connectivity index (χ1) is 22.2. The van der Waals surface area contributed by atoms with Crippen molar-refractivity contribution >= 4 is 17.7 Å². The summed E-state index contributed by atoms with van der Waals surface area (Å²) in [5.41, 5.74) is 3.47. The van der Waals surface area contributed by atoms with Crippen molar-refractivity contribution in [1.29, 1.82) is 0 Å². The van der Waals surface area contributed by atoms with E-state index < -0.39 is 18.1 Å². The van der Waals surface area contributed by atoms with Gasteiger partial charge in [0.05, 0.1) is 12.1 Å². The third-order valence-electron chi connectivity index (χ3n) is 9.08. The van der Waals surface area contributed by atoms with Gasteiger partial charge in [0.1, 0.15) is 23.6 Å². The molecule has 4 atom stereocenters. The second-order valence-electron chi connectivity index (χ2n) is 12.7. The van der Waals surface area contributed by atoms with Crippen LogP contribution in [0.5, 0.6) is 11.5 Å². The predicted molar refractivity (Wildman–Crippen MR) is 179 cm³/mol. The van der Waals surface area contributed by atoms with Crippen LogP contribution in [0.1, 0.15) is 56.3 Å². The van der Waals surface area contributed by atoms with Gasteiger partial charge in [0.2, 0.25) is 17.7 Å². The Hall–Kier alpha value is -4.21. The van der Waals surface area contributed by atoms with E-state index in [4.69, 9.17) is 4.74 Å². The van der Waals surface area contributed by atoms with Crippen LogP contribution in [0.25, 0.3) is 0 Å². The number of carbonyl (C=O) groups excluding carboxylic acids is 3. The molecule has 46 heavy (non-hydrogen) atoms. The second kappa shape index (κ2) is 15.4. The zero-order valence-electron chi connectivity index (χ0n) is 27.4. The first-order valence-corrected chi connectivity index (χ1v) is 16.4. The van der Waals surface area contributed by atoms with E-state index in [1.165, 1.54) is 5.56 Å². The Morgan fingerprint density at radius 2 is 1.65 bits per heavy atom. The highest BCUT2D eigenvalue weighted by Gasteiger charge is 2.40. The van der Waals surface area contributed by atoms with Crippen LogP contribution < -0.4 is 20.7 Å². The molecule has 0 saturated carbocycles. The molecule has 3 N–H and O–H groups in total. The number of piperazine rings is 1. The lowest BCUT2D eigenvalue weighted by Gasteiger charge is -2.43. The average molecular weight is 626 g/mol.